The van der Waals surface area contributed by atoms with Gasteiger partial charge in [-0.3, -0.25) is 10.1 Å². The predicted molar refractivity (Wildman–Crippen MR) is 83.4 cm³/mol. The molecule has 0 spiro atoms. The molecule has 1 heterocycles. The summed E-state index contributed by atoms with van der Waals surface area (Å²) in [7, 11) is 0. The number of piperidine rings is 1. The molecule has 2 saturated carbocycles. The van der Waals surface area contributed by atoms with E-state index in [4.69, 9.17) is 0 Å². The van der Waals surface area contributed by atoms with E-state index >= 15 is 0 Å². The zero-order valence-electron chi connectivity index (χ0n) is 13.3. The lowest BCUT2D eigenvalue weighted by atomic mass is 9.78. The summed E-state index contributed by atoms with van der Waals surface area (Å²) < 4.78 is 0. The lowest BCUT2D eigenvalue weighted by Crippen LogP contribution is -2.54. The molecule has 1 saturated heterocycles. The molecule has 3 atom stereocenters. The van der Waals surface area contributed by atoms with Crippen LogP contribution in [0.25, 0.3) is 0 Å². The van der Waals surface area contributed by atoms with Gasteiger partial charge in [0.05, 0.1) is 0 Å². The minimum atomic E-state index is -0.747. The number of carboxylic acids is 1. The van der Waals surface area contributed by atoms with Crippen LogP contribution in [-0.4, -0.2) is 46.7 Å². The van der Waals surface area contributed by atoms with Gasteiger partial charge in [-0.15, -0.1) is 0 Å². The van der Waals surface area contributed by atoms with Gasteiger partial charge in [0.15, 0.2) is 0 Å². The maximum Gasteiger partial charge on any atom is 0.323 e. The Balaban J connectivity index is 1.57. The van der Waals surface area contributed by atoms with Gasteiger partial charge in [-0.25, -0.2) is 0 Å². The summed E-state index contributed by atoms with van der Waals surface area (Å²) in [5.41, 5.74) is -0.747. The molecule has 1 unspecified atom stereocenters. The summed E-state index contributed by atoms with van der Waals surface area (Å²) in [6.07, 6.45) is 11.1. The van der Waals surface area contributed by atoms with E-state index in [0.29, 0.717) is 6.04 Å². The summed E-state index contributed by atoms with van der Waals surface area (Å²) in [5.74, 6) is 0.187. The summed E-state index contributed by atoms with van der Waals surface area (Å²) in [4.78, 5) is 14.3. The van der Waals surface area contributed by atoms with Crippen molar-refractivity contribution in [3.05, 3.63) is 0 Å². The van der Waals surface area contributed by atoms with Crippen molar-refractivity contribution in [1.82, 2.24) is 10.2 Å². The second-order valence-electron chi connectivity index (χ2n) is 7.60. The molecule has 4 heteroatoms. The molecule has 3 rings (SSSR count). The number of hydrogen-bond acceptors (Lipinski definition) is 3. The number of carbonyl (C=O) groups is 1. The van der Waals surface area contributed by atoms with Crippen molar-refractivity contribution in [1.29, 1.82) is 0 Å². The predicted octanol–water partition coefficient (Wildman–Crippen LogP) is 2.63. The van der Waals surface area contributed by atoms with Gasteiger partial charge in [-0.05, 0) is 64.3 Å². The molecular weight excluding hydrogens is 264 g/mol. The van der Waals surface area contributed by atoms with Gasteiger partial charge < -0.3 is 10.0 Å². The van der Waals surface area contributed by atoms with E-state index < -0.39 is 11.5 Å². The highest BCUT2D eigenvalue weighted by molar-refractivity contribution is 5.78. The van der Waals surface area contributed by atoms with Gasteiger partial charge in [0.2, 0.25) is 0 Å². The van der Waals surface area contributed by atoms with E-state index in [1.807, 2.05) is 6.92 Å². The van der Waals surface area contributed by atoms with E-state index in [2.05, 4.69) is 10.2 Å². The molecule has 0 aromatic heterocycles. The number of likely N-dealkylation sites (tertiary alicyclic amines) is 1. The van der Waals surface area contributed by atoms with Crippen molar-refractivity contribution >= 4 is 5.97 Å². The average Bonchev–Trinajstić information content (AvgIpc) is 3.28. The Bertz CT molecular complexity index is 381. The molecule has 0 aromatic carbocycles. The molecule has 0 amide bonds. The van der Waals surface area contributed by atoms with Gasteiger partial charge in [-0.1, -0.05) is 12.8 Å². The Morgan fingerprint density at radius 2 is 1.90 bits per heavy atom. The Morgan fingerprint density at radius 3 is 2.62 bits per heavy atom. The molecule has 21 heavy (non-hydrogen) atoms. The molecule has 3 fully saturated rings. The Hall–Kier alpha value is -0.610. The summed E-state index contributed by atoms with van der Waals surface area (Å²) in [6, 6.07) is 1.17. The SMILES string of the molecule is CC(CCN1CCC[C@H]2CCCC[C@H]21)(NC1CC1)C(=O)O. The van der Waals surface area contributed by atoms with Crippen LogP contribution in [0.1, 0.15) is 64.7 Å². The summed E-state index contributed by atoms with van der Waals surface area (Å²) >= 11 is 0. The minimum absolute atomic E-state index is 0.440. The molecule has 0 radical (unpaired) electrons. The molecular formula is C17H30N2O2. The fourth-order valence-corrected chi connectivity index (χ4v) is 4.29. The number of aliphatic carboxylic acids is 1. The molecule has 4 nitrogen and oxygen atoms in total. The smallest absolute Gasteiger partial charge is 0.323 e. The summed E-state index contributed by atoms with van der Waals surface area (Å²) in [6.45, 7) is 3.97. The van der Waals surface area contributed by atoms with Crippen molar-refractivity contribution in [2.24, 2.45) is 5.92 Å². The third-order valence-electron chi connectivity index (χ3n) is 5.83. The Kier molecular flexibility index (Phi) is 4.55. The van der Waals surface area contributed by atoms with E-state index in [1.165, 1.54) is 45.1 Å². The fraction of sp³-hybridized carbons (Fsp3) is 0.941. The van der Waals surface area contributed by atoms with E-state index in [1.54, 1.807) is 0 Å². The Labute approximate surface area is 128 Å². The largest absolute Gasteiger partial charge is 0.480 e. The van der Waals surface area contributed by atoms with Crippen molar-refractivity contribution < 1.29 is 9.90 Å². The van der Waals surface area contributed by atoms with Crippen LogP contribution in [0.15, 0.2) is 0 Å². The fourth-order valence-electron chi connectivity index (χ4n) is 4.29. The van der Waals surface area contributed by atoms with Crippen molar-refractivity contribution in [3.63, 3.8) is 0 Å². The zero-order valence-corrected chi connectivity index (χ0v) is 13.3. The maximum atomic E-state index is 11.7. The number of hydrogen-bond donors (Lipinski definition) is 2. The lowest BCUT2D eigenvalue weighted by Gasteiger charge is -2.45. The monoisotopic (exact) mass is 294 g/mol. The van der Waals surface area contributed by atoms with Crippen LogP contribution < -0.4 is 5.32 Å². The quantitative estimate of drug-likeness (QED) is 0.791. The number of nitrogens with zero attached hydrogens (tertiary/aromatic N) is 1. The highest BCUT2D eigenvalue weighted by atomic mass is 16.4. The van der Waals surface area contributed by atoms with Gasteiger partial charge in [0, 0.05) is 18.6 Å². The first kappa shape index (κ1) is 15.3. The first-order valence-corrected chi connectivity index (χ1v) is 8.84. The van der Waals surface area contributed by atoms with Crippen molar-refractivity contribution in [3.8, 4) is 0 Å². The van der Waals surface area contributed by atoms with Crippen LogP contribution in [0.5, 0.6) is 0 Å². The minimum Gasteiger partial charge on any atom is -0.480 e. The molecule has 0 aromatic rings. The Morgan fingerprint density at radius 1 is 1.19 bits per heavy atom. The average molecular weight is 294 g/mol. The number of rotatable bonds is 6. The molecule has 0 bridgehead atoms. The number of fused-ring (bicyclic) bond motifs is 1. The lowest BCUT2D eigenvalue weighted by molar-refractivity contribution is -0.144. The van der Waals surface area contributed by atoms with Crippen LogP contribution in [0.4, 0.5) is 0 Å². The van der Waals surface area contributed by atoms with Crippen LogP contribution >= 0.6 is 0 Å². The van der Waals surface area contributed by atoms with Crippen LogP contribution in [-0.2, 0) is 4.79 Å². The first-order valence-electron chi connectivity index (χ1n) is 8.84. The number of nitrogens with one attached hydrogen (secondary N) is 1. The maximum absolute atomic E-state index is 11.7. The third kappa shape index (κ3) is 3.59. The standard InChI is InChI=1S/C17H30N2O2/c1-17(16(20)21,18-14-8-9-14)10-12-19-11-4-6-13-5-2-3-7-15(13)19/h13-15,18H,2-12H2,1H3,(H,20,21)/t13-,15-,17?/m1/s1. The van der Waals surface area contributed by atoms with Crippen LogP contribution in [0, 0.1) is 5.92 Å². The highest BCUT2D eigenvalue weighted by Gasteiger charge is 2.40. The topological polar surface area (TPSA) is 52.6 Å². The van der Waals surface area contributed by atoms with Crippen LogP contribution in [0.2, 0.25) is 0 Å². The number of carboxylic acid groups (broad SMARTS) is 1. The molecule has 1 aliphatic heterocycles. The second-order valence-corrected chi connectivity index (χ2v) is 7.60. The molecule has 3 aliphatic rings. The van der Waals surface area contributed by atoms with Crippen molar-refractivity contribution in [2.45, 2.75) is 82.3 Å². The highest BCUT2D eigenvalue weighted by Crippen LogP contribution is 2.35. The second kappa shape index (κ2) is 6.25. The normalized spacial score (nSPS) is 33.2. The van der Waals surface area contributed by atoms with Crippen molar-refractivity contribution in [2.75, 3.05) is 13.1 Å². The third-order valence-corrected chi connectivity index (χ3v) is 5.83. The van der Waals surface area contributed by atoms with Gasteiger partial charge in [-0.2, -0.15) is 0 Å². The van der Waals surface area contributed by atoms with Crippen LogP contribution in [0.3, 0.4) is 0 Å². The molecule has 120 valence electrons. The van der Waals surface area contributed by atoms with Gasteiger partial charge in [0.25, 0.3) is 0 Å². The van der Waals surface area contributed by atoms with Gasteiger partial charge in [0.1, 0.15) is 5.54 Å². The van der Waals surface area contributed by atoms with E-state index in [0.717, 1.165) is 37.8 Å². The van der Waals surface area contributed by atoms with E-state index in [-0.39, 0.29) is 0 Å². The first-order chi connectivity index (χ1) is 10.1. The molecule has 2 N–H and O–H groups in total. The van der Waals surface area contributed by atoms with E-state index in [9.17, 15) is 9.90 Å². The summed E-state index contributed by atoms with van der Waals surface area (Å²) in [5, 5.41) is 12.9. The zero-order chi connectivity index (χ0) is 14.9. The molecule has 2 aliphatic carbocycles. The van der Waals surface area contributed by atoms with Gasteiger partial charge >= 0.3 is 5.97 Å².